The molecule has 2 heterocycles. The molecule has 0 saturated carbocycles. The molecular weight excluding hydrogens is 570 g/mol. The van der Waals surface area contributed by atoms with Crippen LogP contribution >= 0.6 is 11.3 Å². The SMILES string of the molecule is CC(C)C[C@H](NC(=O)[C@H](Cc1cn(-c2ccc([N+](=O)[O-])cc2[N+](=O)[O-])cn1)NC(=O)OC(C)(C)C)[C@@H](O)c1nccs1. The highest BCUT2D eigenvalue weighted by atomic mass is 32.1. The first-order chi connectivity index (χ1) is 19.6. The third-order valence-electron chi connectivity index (χ3n) is 5.84. The minimum absolute atomic E-state index is 0.0222. The Morgan fingerprint density at radius 1 is 1.14 bits per heavy atom. The second-order valence-corrected chi connectivity index (χ2v) is 11.8. The minimum atomic E-state index is -1.20. The molecule has 0 bridgehead atoms. The van der Waals surface area contributed by atoms with Crippen molar-refractivity contribution in [3.05, 3.63) is 73.2 Å². The van der Waals surface area contributed by atoms with Gasteiger partial charge in [-0.25, -0.2) is 14.8 Å². The Balaban J connectivity index is 1.89. The fraction of sp³-hybridized carbons (Fsp3) is 0.462. The van der Waals surface area contributed by atoms with Gasteiger partial charge in [-0.05, 0) is 39.2 Å². The van der Waals surface area contributed by atoms with Gasteiger partial charge in [-0.3, -0.25) is 29.6 Å². The highest BCUT2D eigenvalue weighted by Gasteiger charge is 2.31. The molecule has 0 spiro atoms. The number of amides is 2. The van der Waals surface area contributed by atoms with E-state index in [1.165, 1.54) is 34.5 Å². The van der Waals surface area contributed by atoms with E-state index in [2.05, 4.69) is 20.6 Å². The molecule has 226 valence electrons. The maximum absolute atomic E-state index is 13.5. The molecule has 15 nitrogen and oxygen atoms in total. The van der Waals surface area contributed by atoms with E-state index in [0.717, 1.165) is 12.1 Å². The number of carbonyl (C=O) groups excluding carboxylic acids is 2. The number of nitro benzene ring substituents is 2. The number of benzene rings is 1. The standard InChI is InChI=1S/C26H33N7O8S/c1-15(2)10-18(22(34)24-27-8-9-42-24)29-23(35)19(30-25(36)41-26(3,4)5)11-16-13-31(14-28-16)20-7-6-17(32(37)38)12-21(20)33(39)40/h6-9,12-15,18-19,22,34H,10-11H2,1-5H3,(H,29,35)(H,30,36)/t18-,19-,22+/m0/s1. The van der Waals surface area contributed by atoms with Crippen LogP contribution in [0.25, 0.3) is 5.69 Å². The number of aromatic nitrogens is 3. The van der Waals surface area contributed by atoms with Crippen molar-refractivity contribution in [3.63, 3.8) is 0 Å². The number of ether oxygens (including phenoxy) is 1. The Bertz CT molecular complexity index is 1420. The van der Waals surface area contributed by atoms with Crippen molar-refractivity contribution in [2.24, 2.45) is 5.92 Å². The molecule has 1 aromatic carbocycles. The molecule has 0 aliphatic heterocycles. The van der Waals surface area contributed by atoms with Crippen molar-refractivity contribution in [1.82, 2.24) is 25.2 Å². The van der Waals surface area contributed by atoms with E-state index in [1.54, 1.807) is 32.3 Å². The van der Waals surface area contributed by atoms with E-state index in [4.69, 9.17) is 4.74 Å². The zero-order chi connectivity index (χ0) is 31.2. The molecule has 0 aliphatic rings. The number of carbonyl (C=O) groups is 2. The average molecular weight is 604 g/mol. The molecule has 16 heteroatoms. The van der Waals surface area contributed by atoms with Gasteiger partial charge < -0.3 is 20.5 Å². The number of imidazole rings is 1. The predicted molar refractivity (Wildman–Crippen MR) is 152 cm³/mol. The molecule has 0 saturated heterocycles. The summed E-state index contributed by atoms with van der Waals surface area (Å²) in [6.45, 7) is 8.89. The van der Waals surface area contributed by atoms with E-state index in [9.17, 15) is 34.9 Å². The third-order valence-corrected chi connectivity index (χ3v) is 6.69. The number of aliphatic hydroxyl groups excluding tert-OH is 1. The number of rotatable bonds is 12. The van der Waals surface area contributed by atoms with Crippen molar-refractivity contribution in [2.75, 3.05) is 0 Å². The van der Waals surface area contributed by atoms with Crippen molar-refractivity contribution >= 4 is 34.7 Å². The van der Waals surface area contributed by atoms with Gasteiger partial charge in [-0.1, -0.05) is 13.8 Å². The monoisotopic (exact) mass is 603 g/mol. The molecule has 0 unspecified atom stereocenters. The lowest BCUT2D eigenvalue weighted by molar-refractivity contribution is -0.394. The van der Waals surface area contributed by atoms with Gasteiger partial charge in [0.15, 0.2) is 0 Å². The third kappa shape index (κ3) is 8.78. The number of non-ortho nitro benzene ring substituents is 1. The van der Waals surface area contributed by atoms with Gasteiger partial charge in [-0.2, -0.15) is 0 Å². The number of nitrogens with one attached hydrogen (secondary N) is 2. The van der Waals surface area contributed by atoms with Crippen LogP contribution in [0.5, 0.6) is 0 Å². The molecule has 42 heavy (non-hydrogen) atoms. The second kappa shape index (κ2) is 13.5. The molecule has 3 N–H and O–H groups in total. The summed E-state index contributed by atoms with van der Waals surface area (Å²) in [5.41, 5.74) is -1.50. The number of thiazole rings is 1. The maximum atomic E-state index is 13.5. The van der Waals surface area contributed by atoms with Gasteiger partial charge >= 0.3 is 6.09 Å². The van der Waals surface area contributed by atoms with E-state index in [1.807, 2.05) is 13.8 Å². The smallest absolute Gasteiger partial charge is 0.408 e. The Morgan fingerprint density at radius 2 is 1.86 bits per heavy atom. The quantitative estimate of drug-likeness (QED) is 0.201. The molecule has 3 atom stereocenters. The molecule has 0 fully saturated rings. The van der Waals surface area contributed by atoms with Crippen LogP contribution in [0.2, 0.25) is 0 Å². The van der Waals surface area contributed by atoms with Gasteiger partial charge in [0.1, 0.15) is 28.4 Å². The van der Waals surface area contributed by atoms with Gasteiger partial charge in [0.05, 0.1) is 34.0 Å². The number of nitro groups is 2. The molecule has 2 amide bonds. The lowest BCUT2D eigenvalue weighted by Crippen LogP contribution is -2.53. The zero-order valence-electron chi connectivity index (χ0n) is 23.7. The van der Waals surface area contributed by atoms with Crippen LogP contribution in [-0.4, -0.2) is 59.2 Å². The zero-order valence-corrected chi connectivity index (χ0v) is 24.5. The molecule has 3 rings (SSSR count). The first kappa shape index (κ1) is 32.1. The lowest BCUT2D eigenvalue weighted by atomic mass is 9.98. The average Bonchev–Trinajstić information content (AvgIpc) is 3.58. The summed E-state index contributed by atoms with van der Waals surface area (Å²) in [5, 5.41) is 41.2. The van der Waals surface area contributed by atoms with E-state index < -0.39 is 57.0 Å². The number of hydrogen-bond donors (Lipinski definition) is 3. The van der Waals surface area contributed by atoms with Crippen LogP contribution in [0.1, 0.15) is 57.8 Å². The summed E-state index contributed by atoms with van der Waals surface area (Å²) in [7, 11) is 0. The predicted octanol–water partition coefficient (Wildman–Crippen LogP) is 3.85. The Hall–Kier alpha value is -4.44. The summed E-state index contributed by atoms with van der Waals surface area (Å²) in [6, 6.07) is 1.28. The number of hydrogen-bond acceptors (Lipinski definition) is 11. The van der Waals surface area contributed by atoms with Crippen molar-refractivity contribution < 1.29 is 29.3 Å². The van der Waals surface area contributed by atoms with E-state index in [-0.39, 0.29) is 23.7 Å². The van der Waals surface area contributed by atoms with E-state index >= 15 is 0 Å². The van der Waals surface area contributed by atoms with Crippen molar-refractivity contribution in [1.29, 1.82) is 0 Å². The molecule has 3 aromatic rings. The maximum Gasteiger partial charge on any atom is 0.408 e. The summed E-state index contributed by atoms with van der Waals surface area (Å²) in [6.07, 6.45) is 2.58. The minimum Gasteiger partial charge on any atom is -0.444 e. The van der Waals surface area contributed by atoms with E-state index in [0.29, 0.717) is 11.4 Å². The van der Waals surface area contributed by atoms with Gasteiger partial charge in [-0.15, -0.1) is 11.3 Å². The molecule has 2 aromatic heterocycles. The van der Waals surface area contributed by atoms with Gasteiger partial charge in [0.2, 0.25) is 5.91 Å². The highest BCUT2D eigenvalue weighted by Crippen LogP contribution is 2.28. The molecule has 0 radical (unpaired) electrons. The van der Waals surface area contributed by atoms with Crippen LogP contribution in [0.15, 0.2) is 42.3 Å². The normalized spacial score (nSPS) is 13.7. The lowest BCUT2D eigenvalue weighted by Gasteiger charge is -2.28. The summed E-state index contributed by atoms with van der Waals surface area (Å²) >= 11 is 1.25. The topological polar surface area (TPSA) is 205 Å². The van der Waals surface area contributed by atoms with Crippen LogP contribution < -0.4 is 10.6 Å². The number of alkyl carbamates (subject to hydrolysis) is 1. The van der Waals surface area contributed by atoms with Gasteiger partial charge in [0.25, 0.3) is 11.4 Å². The molecular formula is C26H33N7O8S. The summed E-state index contributed by atoms with van der Waals surface area (Å²) in [5.74, 6) is -0.506. The first-order valence-corrected chi connectivity index (χ1v) is 13.9. The number of nitrogens with zero attached hydrogens (tertiary/aromatic N) is 5. The summed E-state index contributed by atoms with van der Waals surface area (Å²) in [4.78, 5) is 55.8. The fourth-order valence-electron chi connectivity index (χ4n) is 4.07. The Morgan fingerprint density at radius 3 is 2.43 bits per heavy atom. The van der Waals surface area contributed by atoms with Crippen molar-refractivity contribution in [2.45, 2.75) is 71.2 Å². The highest BCUT2D eigenvalue weighted by molar-refractivity contribution is 7.09. The van der Waals surface area contributed by atoms with Crippen LogP contribution in [0.3, 0.4) is 0 Å². The Labute approximate surface area is 245 Å². The largest absolute Gasteiger partial charge is 0.444 e. The summed E-state index contributed by atoms with van der Waals surface area (Å²) < 4.78 is 6.63. The number of aliphatic hydroxyl groups is 1. The van der Waals surface area contributed by atoms with Gasteiger partial charge in [0, 0.05) is 30.3 Å². The van der Waals surface area contributed by atoms with Crippen LogP contribution in [0, 0.1) is 26.1 Å². The van der Waals surface area contributed by atoms with Crippen molar-refractivity contribution in [3.8, 4) is 5.69 Å². The Kier molecular flexibility index (Phi) is 10.3. The van der Waals surface area contributed by atoms with Crippen LogP contribution in [0.4, 0.5) is 16.2 Å². The first-order valence-electron chi connectivity index (χ1n) is 13.0. The fourth-order valence-corrected chi connectivity index (χ4v) is 4.76. The second-order valence-electron chi connectivity index (χ2n) is 10.9. The van der Waals surface area contributed by atoms with Crippen LogP contribution in [-0.2, 0) is 16.0 Å². The molecule has 0 aliphatic carbocycles.